The number of fused-ring (bicyclic) bond motifs is 1. The number of carbonyl (C=O) groups is 1. The lowest BCUT2D eigenvalue weighted by atomic mass is 9.87. The Morgan fingerprint density at radius 3 is 2.63 bits per heavy atom. The topological polar surface area (TPSA) is 32.8 Å². The average Bonchev–Trinajstić information content (AvgIpc) is 2.71. The van der Waals surface area contributed by atoms with E-state index in [9.17, 15) is 4.79 Å². The van der Waals surface area contributed by atoms with Gasteiger partial charge in [0, 0.05) is 27.2 Å². The highest BCUT2D eigenvalue weighted by Gasteiger charge is 2.27. The molecule has 0 bridgehead atoms. The van der Waals surface area contributed by atoms with Crippen LogP contribution in [0.15, 0.2) is 54.6 Å². The van der Waals surface area contributed by atoms with Gasteiger partial charge >= 0.3 is 0 Å². The van der Waals surface area contributed by atoms with Crippen molar-refractivity contribution >= 4 is 5.91 Å². The first-order chi connectivity index (χ1) is 13.2. The standard InChI is InChI=1S/C23H30N2O2/c1-24(22-14-8-12-20-11-6-7-13-21(20)22)23(26)18-25(15-16-27-2)17-19-9-4-3-5-10-19/h3-7,9-11,13,22H,8,12,14-18H2,1-2H3. The highest BCUT2D eigenvalue weighted by Crippen LogP contribution is 2.33. The van der Waals surface area contributed by atoms with Crippen LogP contribution in [0.4, 0.5) is 0 Å². The number of benzene rings is 2. The molecule has 2 aromatic rings. The second-order valence-electron chi connectivity index (χ2n) is 7.30. The number of ether oxygens (including phenoxy) is 1. The number of likely N-dealkylation sites (N-methyl/N-ethyl adjacent to an activating group) is 1. The van der Waals surface area contributed by atoms with Crippen molar-refractivity contribution in [3.8, 4) is 0 Å². The molecule has 2 aromatic carbocycles. The molecule has 0 fully saturated rings. The van der Waals surface area contributed by atoms with Gasteiger partial charge in [0.1, 0.15) is 0 Å². The van der Waals surface area contributed by atoms with Crippen LogP contribution in [-0.4, -0.2) is 49.6 Å². The maximum atomic E-state index is 13.1. The van der Waals surface area contributed by atoms with Gasteiger partial charge in [-0.2, -0.15) is 0 Å². The minimum atomic E-state index is 0.170. The van der Waals surface area contributed by atoms with E-state index in [1.807, 2.05) is 30.1 Å². The van der Waals surface area contributed by atoms with E-state index >= 15 is 0 Å². The smallest absolute Gasteiger partial charge is 0.237 e. The molecule has 0 saturated heterocycles. The molecule has 3 rings (SSSR count). The lowest BCUT2D eigenvalue weighted by Gasteiger charge is -2.34. The van der Waals surface area contributed by atoms with Gasteiger partial charge in [0.15, 0.2) is 0 Å². The molecule has 0 radical (unpaired) electrons. The number of amides is 1. The van der Waals surface area contributed by atoms with Gasteiger partial charge in [0.2, 0.25) is 5.91 Å². The number of carbonyl (C=O) groups excluding carboxylic acids is 1. The Morgan fingerprint density at radius 1 is 1.11 bits per heavy atom. The lowest BCUT2D eigenvalue weighted by molar-refractivity contribution is -0.134. The Morgan fingerprint density at radius 2 is 1.85 bits per heavy atom. The van der Waals surface area contributed by atoms with Crippen molar-refractivity contribution in [2.75, 3.05) is 33.9 Å². The molecule has 0 N–H and O–H groups in total. The van der Waals surface area contributed by atoms with Crippen LogP contribution in [0.1, 0.15) is 35.6 Å². The van der Waals surface area contributed by atoms with E-state index in [1.54, 1.807) is 7.11 Å². The van der Waals surface area contributed by atoms with Gasteiger partial charge < -0.3 is 9.64 Å². The number of rotatable bonds is 8. The van der Waals surface area contributed by atoms with Gasteiger partial charge in [0.05, 0.1) is 19.2 Å². The summed E-state index contributed by atoms with van der Waals surface area (Å²) in [5.41, 5.74) is 3.91. The minimum absolute atomic E-state index is 0.170. The molecule has 0 aliphatic heterocycles. The molecule has 4 heteroatoms. The zero-order valence-electron chi connectivity index (χ0n) is 16.4. The summed E-state index contributed by atoms with van der Waals surface area (Å²) in [5.74, 6) is 0.170. The molecule has 144 valence electrons. The summed E-state index contributed by atoms with van der Waals surface area (Å²) in [7, 11) is 3.65. The van der Waals surface area contributed by atoms with Crippen molar-refractivity contribution in [2.24, 2.45) is 0 Å². The molecular weight excluding hydrogens is 336 g/mol. The quantitative estimate of drug-likeness (QED) is 0.715. The number of hydrogen-bond donors (Lipinski definition) is 0. The molecule has 0 heterocycles. The van der Waals surface area contributed by atoms with E-state index < -0.39 is 0 Å². The van der Waals surface area contributed by atoms with Crippen molar-refractivity contribution in [3.05, 3.63) is 71.3 Å². The van der Waals surface area contributed by atoms with Crippen LogP contribution in [0.3, 0.4) is 0 Å². The summed E-state index contributed by atoms with van der Waals surface area (Å²) in [4.78, 5) is 17.2. The monoisotopic (exact) mass is 366 g/mol. The van der Waals surface area contributed by atoms with Gasteiger partial charge in [-0.25, -0.2) is 0 Å². The van der Waals surface area contributed by atoms with E-state index in [4.69, 9.17) is 4.74 Å². The molecule has 0 aromatic heterocycles. The zero-order chi connectivity index (χ0) is 19.1. The summed E-state index contributed by atoms with van der Waals surface area (Å²) >= 11 is 0. The molecule has 27 heavy (non-hydrogen) atoms. The Labute approximate surface area is 162 Å². The predicted molar refractivity (Wildman–Crippen MR) is 108 cm³/mol. The van der Waals surface area contributed by atoms with Crippen LogP contribution in [-0.2, 0) is 22.5 Å². The Balaban J connectivity index is 1.67. The normalized spacial score (nSPS) is 16.2. The van der Waals surface area contributed by atoms with Crippen molar-refractivity contribution < 1.29 is 9.53 Å². The van der Waals surface area contributed by atoms with Gasteiger partial charge in [-0.3, -0.25) is 9.69 Å². The fraction of sp³-hybridized carbons (Fsp3) is 0.435. The number of aryl methyl sites for hydroxylation is 1. The van der Waals surface area contributed by atoms with E-state index in [0.29, 0.717) is 13.2 Å². The van der Waals surface area contributed by atoms with Crippen LogP contribution < -0.4 is 0 Å². The minimum Gasteiger partial charge on any atom is -0.383 e. The van der Waals surface area contributed by atoms with Gasteiger partial charge in [-0.15, -0.1) is 0 Å². The summed E-state index contributed by atoms with van der Waals surface area (Å²) in [5, 5.41) is 0. The maximum Gasteiger partial charge on any atom is 0.237 e. The molecular formula is C23H30N2O2. The first-order valence-corrected chi connectivity index (χ1v) is 9.77. The van der Waals surface area contributed by atoms with Crippen LogP contribution in [0.25, 0.3) is 0 Å². The average molecular weight is 367 g/mol. The van der Waals surface area contributed by atoms with Gasteiger partial charge in [-0.1, -0.05) is 54.6 Å². The van der Waals surface area contributed by atoms with Crippen LogP contribution in [0.5, 0.6) is 0 Å². The lowest BCUT2D eigenvalue weighted by Crippen LogP contribution is -2.41. The van der Waals surface area contributed by atoms with Crippen molar-refractivity contribution in [1.82, 2.24) is 9.80 Å². The van der Waals surface area contributed by atoms with Crippen LogP contribution in [0, 0.1) is 0 Å². The third-order valence-corrected chi connectivity index (χ3v) is 5.42. The van der Waals surface area contributed by atoms with Gasteiger partial charge in [0.25, 0.3) is 0 Å². The third-order valence-electron chi connectivity index (χ3n) is 5.42. The highest BCUT2D eigenvalue weighted by atomic mass is 16.5. The molecule has 1 unspecified atom stereocenters. The largest absolute Gasteiger partial charge is 0.383 e. The fourth-order valence-corrected chi connectivity index (χ4v) is 3.88. The third kappa shape index (κ3) is 5.18. The van der Waals surface area contributed by atoms with Crippen molar-refractivity contribution in [3.63, 3.8) is 0 Å². The Bertz CT molecular complexity index is 732. The molecule has 1 aliphatic carbocycles. The first kappa shape index (κ1) is 19.6. The number of nitrogens with zero attached hydrogens (tertiary/aromatic N) is 2. The van der Waals surface area contributed by atoms with E-state index in [1.165, 1.54) is 16.7 Å². The number of methoxy groups -OCH3 is 1. The SMILES string of the molecule is COCCN(CC(=O)N(C)C1CCCc2ccccc21)Cc1ccccc1. The van der Waals surface area contributed by atoms with Crippen molar-refractivity contribution in [2.45, 2.75) is 31.8 Å². The molecule has 1 atom stereocenters. The molecule has 1 aliphatic rings. The van der Waals surface area contributed by atoms with Crippen LogP contribution >= 0.6 is 0 Å². The summed E-state index contributed by atoms with van der Waals surface area (Å²) < 4.78 is 5.25. The molecule has 4 nitrogen and oxygen atoms in total. The zero-order valence-corrected chi connectivity index (χ0v) is 16.4. The molecule has 0 saturated carbocycles. The summed E-state index contributed by atoms with van der Waals surface area (Å²) in [6, 6.07) is 19.0. The Kier molecular flexibility index (Phi) is 7.02. The summed E-state index contributed by atoms with van der Waals surface area (Å²) in [6.45, 7) is 2.53. The van der Waals surface area contributed by atoms with Crippen molar-refractivity contribution in [1.29, 1.82) is 0 Å². The Hall–Kier alpha value is -2.17. The summed E-state index contributed by atoms with van der Waals surface area (Å²) in [6.07, 6.45) is 3.29. The number of hydrogen-bond acceptors (Lipinski definition) is 3. The van der Waals surface area contributed by atoms with E-state index in [2.05, 4.69) is 41.3 Å². The van der Waals surface area contributed by atoms with Gasteiger partial charge in [-0.05, 0) is 36.0 Å². The van der Waals surface area contributed by atoms with Crippen LogP contribution in [0.2, 0.25) is 0 Å². The fourth-order valence-electron chi connectivity index (χ4n) is 3.88. The van der Waals surface area contributed by atoms with E-state index in [0.717, 1.165) is 32.4 Å². The second-order valence-corrected chi connectivity index (χ2v) is 7.30. The first-order valence-electron chi connectivity index (χ1n) is 9.77. The van der Waals surface area contributed by atoms with E-state index in [-0.39, 0.29) is 11.9 Å². The molecule has 1 amide bonds. The second kappa shape index (κ2) is 9.67. The predicted octanol–water partition coefficient (Wildman–Crippen LogP) is 3.67. The highest BCUT2D eigenvalue weighted by molar-refractivity contribution is 5.78. The maximum absolute atomic E-state index is 13.1. The molecule has 0 spiro atoms.